The van der Waals surface area contributed by atoms with Gasteiger partial charge in [-0.2, -0.15) is 15.0 Å². The van der Waals surface area contributed by atoms with E-state index in [1.807, 2.05) is 7.05 Å². The summed E-state index contributed by atoms with van der Waals surface area (Å²) in [4.78, 5) is 15.1. The first-order valence-corrected chi connectivity index (χ1v) is 6.17. The topological polar surface area (TPSA) is 66.0 Å². The Morgan fingerprint density at radius 3 is 2.18 bits per heavy atom. The van der Waals surface area contributed by atoms with Gasteiger partial charge in [-0.3, -0.25) is 0 Å². The lowest BCUT2D eigenvalue weighted by molar-refractivity contribution is 0.811. The summed E-state index contributed by atoms with van der Waals surface area (Å²) in [7, 11) is 1.81. The van der Waals surface area contributed by atoms with Crippen molar-refractivity contribution in [2.24, 2.45) is 0 Å². The van der Waals surface area contributed by atoms with Gasteiger partial charge >= 0.3 is 0 Å². The number of nitrogens with one attached hydrogen (secondary N) is 2. The van der Waals surface area contributed by atoms with Crippen LogP contribution in [0.4, 0.5) is 17.8 Å². The van der Waals surface area contributed by atoms with Crippen LogP contribution in [0.3, 0.4) is 0 Å². The number of aromatic nitrogens is 3. The Labute approximate surface area is 103 Å². The Kier molecular flexibility index (Phi) is 5.45. The van der Waals surface area contributed by atoms with Crippen LogP contribution >= 0.6 is 0 Å². The van der Waals surface area contributed by atoms with Crippen molar-refractivity contribution in [2.45, 2.75) is 27.2 Å². The summed E-state index contributed by atoms with van der Waals surface area (Å²) >= 11 is 0. The number of hydrogen-bond acceptors (Lipinski definition) is 6. The molecule has 0 aliphatic carbocycles. The second-order valence-corrected chi connectivity index (χ2v) is 3.63. The molecule has 0 fully saturated rings. The average molecular weight is 238 g/mol. The fourth-order valence-electron chi connectivity index (χ4n) is 1.44. The van der Waals surface area contributed by atoms with Gasteiger partial charge in [0.1, 0.15) is 0 Å². The summed E-state index contributed by atoms with van der Waals surface area (Å²) in [6, 6.07) is 0. The molecule has 96 valence electrons. The van der Waals surface area contributed by atoms with Crippen LogP contribution in [-0.4, -0.2) is 41.6 Å². The minimum absolute atomic E-state index is 0.598. The Morgan fingerprint density at radius 1 is 1.00 bits per heavy atom. The van der Waals surface area contributed by atoms with Crippen LogP contribution in [0.1, 0.15) is 27.2 Å². The molecule has 0 atom stereocenters. The first kappa shape index (κ1) is 13.5. The summed E-state index contributed by atoms with van der Waals surface area (Å²) in [5.74, 6) is 1.95. The molecule has 0 unspecified atom stereocenters. The summed E-state index contributed by atoms with van der Waals surface area (Å²) in [5, 5.41) is 6.14. The zero-order valence-corrected chi connectivity index (χ0v) is 11.1. The second-order valence-electron chi connectivity index (χ2n) is 3.63. The van der Waals surface area contributed by atoms with Gasteiger partial charge < -0.3 is 15.5 Å². The fourth-order valence-corrected chi connectivity index (χ4v) is 1.44. The molecule has 1 heterocycles. The molecule has 0 radical (unpaired) electrons. The van der Waals surface area contributed by atoms with Crippen LogP contribution in [-0.2, 0) is 0 Å². The maximum Gasteiger partial charge on any atom is 0.231 e. The highest BCUT2D eigenvalue weighted by atomic mass is 15.3. The minimum Gasteiger partial charge on any atom is -0.357 e. The van der Waals surface area contributed by atoms with Gasteiger partial charge in [0.05, 0.1) is 0 Å². The van der Waals surface area contributed by atoms with Crippen LogP contribution in [0.5, 0.6) is 0 Å². The van der Waals surface area contributed by atoms with E-state index >= 15 is 0 Å². The zero-order chi connectivity index (χ0) is 12.7. The van der Waals surface area contributed by atoms with Crippen molar-refractivity contribution in [1.29, 1.82) is 0 Å². The molecule has 0 aliphatic heterocycles. The minimum atomic E-state index is 0.598. The molecular weight excluding hydrogens is 216 g/mol. The third kappa shape index (κ3) is 3.72. The van der Waals surface area contributed by atoms with Crippen molar-refractivity contribution in [2.75, 3.05) is 42.2 Å². The van der Waals surface area contributed by atoms with Gasteiger partial charge in [0.2, 0.25) is 17.8 Å². The average Bonchev–Trinajstić information content (AvgIpc) is 2.37. The van der Waals surface area contributed by atoms with E-state index in [-0.39, 0.29) is 0 Å². The predicted octanol–water partition coefficient (Wildman–Crippen LogP) is 1.58. The van der Waals surface area contributed by atoms with Crippen LogP contribution in [0.15, 0.2) is 0 Å². The maximum absolute atomic E-state index is 4.41. The lowest BCUT2D eigenvalue weighted by Gasteiger charge is -2.19. The van der Waals surface area contributed by atoms with E-state index in [0.29, 0.717) is 17.8 Å². The molecule has 2 N–H and O–H groups in total. The standard InChI is InChI=1S/C11H22N6/c1-5-8-13-10-14-9(12-4)15-11(16-10)17(6-2)7-3/h5-8H2,1-4H3,(H2,12,13,14,15,16). The van der Waals surface area contributed by atoms with Gasteiger partial charge in [-0.05, 0) is 20.3 Å². The summed E-state index contributed by atoms with van der Waals surface area (Å²) in [6.45, 7) is 8.92. The van der Waals surface area contributed by atoms with Crippen molar-refractivity contribution >= 4 is 17.8 Å². The molecule has 6 nitrogen and oxygen atoms in total. The SMILES string of the molecule is CCCNc1nc(NC)nc(N(CC)CC)n1. The quantitative estimate of drug-likeness (QED) is 0.752. The Hall–Kier alpha value is -1.59. The van der Waals surface area contributed by atoms with E-state index in [0.717, 1.165) is 26.1 Å². The molecule has 1 aromatic rings. The number of nitrogens with zero attached hydrogens (tertiary/aromatic N) is 4. The molecule has 17 heavy (non-hydrogen) atoms. The summed E-state index contributed by atoms with van der Waals surface area (Å²) in [6.07, 6.45) is 1.04. The monoisotopic (exact) mass is 238 g/mol. The maximum atomic E-state index is 4.41. The molecule has 0 aromatic carbocycles. The van der Waals surface area contributed by atoms with E-state index in [1.54, 1.807) is 0 Å². The number of anilines is 3. The van der Waals surface area contributed by atoms with E-state index in [2.05, 4.69) is 51.3 Å². The van der Waals surface area contributed by atoms with Crippen LogP contribution < -0.4 is 15.5 Å². The smallest absolute Gasteiger partial charge is 0.231 e. The lowest BCUT2D eigenvalue weighted by atomic mass is 10.5. The molecule has 0 aliphatic rings. The Morgan fingerprint density at radius 2 is 1.65 bits per heavy atom. The van der Waals surface area contributed by atoms with Crippen molar-refractivity contribution in [1.82, 2.24) is 15.0 Å². The molecule has 0 spiro atoms. The highest BCUT2D eigenvalue weighted by Crippen LogP contribution is 2.12. The van der Waals surface area contributed by atoms with E-state index in [4.69, 9.17) is 0 Å². The van der Waals surface area contributed by atoms with Crippen LogP contribution in [0.2, 0.25) is 0 Å². The van der Waals surface area contributed by atoms with Gasteiger partial charge in [-0.25, -0.2) is 0 Å². The summed E-state index contributed by atoms with van der Waals surface area (Å²) < 4.78 is 0. The van der Waals surface area contributed by atoms with Crippen molar-refractivity contribution < 1.29 is 0 Å². The van der Waals surface area contributed by atoms with E-state index in [1.165, 1.54) is 0 Å². The molecule has 0 saturated carbocycles. The number of hydrogen-bond donors (Lipinski definition) is 2. The van der Waals surface area contributed by atoms with Crippen molar-refractivity contribution in [3.8, 4) is 0 Å². The van der Waals surface area contributed by atoms with Crippen molar-refractivity contribution in [3.05, 3.63) is 0 Å². The van der Waals surface area contributed by atoms with Crippen molar-refractivity contribution in [3.63, 3.8) is 0 Å². The third-order valence-corrected chi connectivity index (χ3v) is 2.43. The molecule has 1 rings (SSSR count). The molecule has 0 amide bonds. The molecule has 6 heteroatoms. The zero-order valence-electron chi connectivity index (χ0n) is 11.1. The highest BCUT2D eigenvalue weighted by molar-refractivity contribution is 5.43. The first-order chi connectivity index (χ1) is 8.24. The van der Waals surface area contributed by atoms with Gasteiger partial charge in [0.25, 0.3) is 0 Å². The van der Waals surface area contributed by atoms with Crippen LogP contribution in [0.25, 0.3) is 0 Å². The molecule has 0 saturated heterocycles. The first-order valence-electron chi connectivity index (χ1n) is 6.17. The summed E-state index contributed by atoms with van der Waals surface area (Å²) in [5.41, 5.74) is 0. The molecule has 1 aromatic heterocycles. The lowest BCUT2D eigenvalue weighted by Crippen LogP contribution is -2.25. The molecular formula is C11H22N6. The van der Waals surface area contributed by atoms with Gasteiger partial charge in [-0.1, -0.05) is 6.92 Å². The van der Waals surface area contributed by atoms with Crippen LogP contribution in [0, 0.1) is 0 Å². The van der Waals surface area contributed by atoms with Gasteiger partial charge in [0, 0.05) is 26.7 Å². The Balaban J connectivity index is 2.95. The number of rotatable bonds is 7. The highest BCUT2D eigenvalue weighted by Gasteiger charge is 2.09. The normalized spacial score (nSPS) is 10.1. The Bertz CT molecular complexity index is 337. The predicted molar refractivity (Wildman–Crippen MR) is 71.7 cm³/mol. The second kappa shape index (κ2) is 6.88. The van der Waals surface area contributed by atoms with E-state index in [9.17, 15) is 0 Å². The van der Waals surface area contributed by atoms with Gasteiger partial charge in [-0.15, -0.1) is 0 Å². The molecule has 0 bridgehead atoms. The third-order valence-electron chi connectivity index (χ3n) is 2.43. The van der Waals surface area contributed by atoms with Gasteiger partial charge in [0.15, 0.2) is 0 Å². The van der Waals surface area contributed by atoms with E-state index < -0.39 is 0 Å². The fraction of sp³-hybridized carbons (Fsp3) is 0.727. The largest absolute Gasteiger partial charge is 0.357 e.